The van der Waals surface area contributed by atoms with Crippen LogP contribution in [0, 0.1) is 11.7 Å². The van der Waals surface area contributed by atoms with Gasteiger partial charge in [0, 0.05) is 44.3 Å². The summed E-state index contributed by atoms with van der Waals surface area (Å²) in [6.45, 7) is 0.209. The molecule has 2 unspecified atom stereocenters. The van der Waals surface area contributed by atoms with Crippen molar-refractivity contribution in [2.24, 2.45) is 5.92 Å². The number of nitrogens with zero attached hydrogens (tertiary/aromatic N) is 2. The Bertz CT molecular complexity index is 1650. The van der Waals surface area contributed by atoms with Gasteiger partial charge in [-0.15, -0.1) is 0 Å². The van der Waals surface area contributed by atoms with Crippen LogP contribution in [0.3, 0.4) is 0 Å². The number of aliphatic hydroxyl groups is 1. The van der Waals surface area contributed by atoms with Gasteiger partial charge in [-0.05, 0) is 44.2 Å². The van der Waals surface area contributed by atoms with E-state index < -0.39 is 68.9 Å². The number of anilines is 1. The van der Waals surface area contributed by atoms with E-state index in [1.165, 1.54) is 13.3 Å². The van der Waals surface area contributed by atoms with E-state index in [1.807, 2.05) is 10.2 Å². The summed E-state index contributed by atoms with van der Waals surface area (Å²) in [6.07, 6.45) is 2.25. The number of carbonyl (C=O) groups excluding carboxylic acids is 2. The van der Waals surface area contributed by atoms with Crippen LogP contribution in [0.4, 0.5) is 14.9 Å². The summed E-state index contributed by atoms with van der Waals surface area (Å²) in [4.78, 5) is 76.9. The van der Waals surface area contributed by atoms with Gasteiger partial charge >= 0.3 is 27.3 Å². The number of aromatic nitrogens is 1. The number of alkyl carbamates (subject to hydrolysis) is 1. The van der Waals surface area contributed by atoms with Gasteiger partial charge in [-0.3, -0.25) is 13.9 Å². The molecule has 2 aromatic rings. The maximum absolute atomic E-state index is 15.8. The molecule has 2 saturated heterocycles. The number of nitrogens with one attached hydrogen (secondary N) is 2. The number of hydrogen-bond acceptors (Lipinski definition) is 11. The summed E-state index contributed by atoms with van der Waals surface area (Å²) in [5.41, 5.74) is -0.708. The molecule has 2 atom stereocenters. The predicted octanol–water partition coefficient (Wildman–Crippen LogP) is 0.904. The van der Waals surface area contributed by atoms with E-state index in [-0.39, 0.29) is 28.9 Å². The SMILES string of the molecule is COc1c(N2CC3CCCNC3C2)c(F)cc2c(=O)c(C(=O)OCOC(=O)NCCC(O)(P(=O)(O)O)P(=O)(O)O)cn(C3CC3)c12. The first-order valence-electron chi connectivity index (χ1n) is 14.4. The predicted molar refractivity (Wildman–Crippen MR) is 158 cm³/mol. The average molecular weight is 693 g/mol. The van der Waals surface area contributed by atoms with Crippen molar-refractivity contribution in [3.8, 4) is 5.75 Å². The fourth-order valence-corrected chi connectivity index (χ4v) is 8.17. The number of carbonyl (C=O) groups is 2. The van der Waals surface area contributed by atoms with Crippen LogP contribution in [0.5, 0.6) is 5.75 Å². The smallest absolute Gasteiger partial charge is 0.410 e. The monoisotopic (exact) mass is 692 g/mol. The van der Waals surface area contributed by atoms with E-state index in [9.17, 15) is 28.6 Å². The second-order valence-electron chi connectivity index (χ2n) is 11.5. The molecule has 2 aliphatic heterocycles. The first-order valence-corrected chi connectivity index (χ1v) is 17.6. The summed E-state index contributed by atoms with van der Waals surface area (Å²) >= 11 is 0. The van der Waals surface area contributed by atoms with Crippen molar-refractivity contribution in [3.63, 3.8) is 0 Å². The quantitative estimate of drug-likeness (QED) is 0.0983. The summed E-state index contributed by atoms with van der Waals surface area (Å²) in [7, 11) is -10.1. The van der Waals surface area contributed by atoms with Crippen LogP contribution < -0.4 is 25.7 Å². The largest absolute Gasteiger partial charge is 0.492 e. The molecule has 1 amide bonds. The molecule has 17 nitrogen and oxygen atoms in total. The zero-order valence-corrected chi connectivity index (χ0v) is 26.4. The molecule has 0 spiro atoms. The van der Waals surface area contributed by atoms with Crippen LogP contribution in [0.2, 0.25) is 0 Å². The summed E-state index contributed by atoms with van der Waals surface area (Å²) in [5.74, 6) is -1.34. The summed E-state index contributed by atoms with van der Waals surface area (Å²) < 4.78 is 55.6. The van der Waals surface area contributed by atoms with E-state index in [1.54, 1.807) is 4.57 Å². The molecule has 1 aromatic carbocycles. The Morgan fingerprint density at radius 3 is 2.43 bits per heavy atom. The van der Waals surface area contributed by atoms with Gasteiger partial charge in [0.15, 0.2) is 11.6 Å². The third kappa shape index (κ3) is 6.53. The number of rotatable bonds is 11. The van der Waals surface area contributed by atoms with Gasteiger partial charge in [-0.2, -0.15) is 0 Å². The normalized spacial score (nSPS) is 20.4. The molecule has 0 radical (unpaired) electrons. The lowest BCUT2D eigenvalue weighted by molar-refractivity contribution is -0.00269. The summed E-state index contributed by atoms with van der Waals surface area (Å²) in [5, 5.41) is 11.4. The maximum Gasteiger partial charge on any atom is 0.410 e. The lowest BCUT2D eigenvalue weighted by Gasteiger charge is -2.29. The van der Waals surface area contributed by atoms with E-state index in [0.717, 1.165) is 38.3 Å². The molecule has 20 heteroatoms. The van der Waals surface area contributed by atoms with Crippen molar-refractivity contribution in [2.45, 2.75) is 49.3 Å². The molecule has 3 heterocycles. The number of halogens is 1. The fraction of sp³-hybridized carbons (Fsp3) is 0.577. The maximum atomic E-state index is 15.8. The Balaban J connectivity index is 1.31. The van der Waals surface area contributed by atoms with Gasteiger partial charge in [0.25, 0.3) is 5.08 Å². The Morgan fingerprint density at radius 1 is 1.13 bits per heavy atom. The Kier molecular flexibility index (Phi) is 9.57. The van der Waals surface area contributed by atoms with Gasteiger partial charge in [-0.1, -0.05) is 0 Å². The van der Waals surface area contributed by atoms with Gasteiger partial charge < -0.3 is 59.0 Å². The van der Waals surface area contributed by atoms with Crippen LogP contribution in [0.25, 0.3) is 10.9 Å². The van der Waals surface area contributed by atoms with E-state index >= 15 is 4.39 Å². The highest BCUT2D eigenvalue weighted by Crippen LogP contribution is 2.68. The third-order valence-electron chi connectivity index (χ3n) is 8.52. The van der Waals surface area contributed by atoms with Crippen LogP contribution in [0.15, 0.2) is 17.1 Å². The first-order chi connectivity index (χ1) is 21.6. The molecule has 5 rings (SSSR count). The average Bonchev–Trinajstić information content (AvgIpc) is 3.73. The highest BCUT2D eigenvalue weighted by molar-refractivity contribution is 7.72. The number of benzene rings is 1. The van der Waals surface area contributed by atoms with E-state index in [0.29, 0.717) is 24.5 Å². The molecule has 0 bridgehead atoms. The van der Waals surface area contributed by atoms with Crippen molar-refractivity contribution in [3.05, 3.63) is 33.9 Å². The van der Waals surface area contributed by atoms with Crippen LogP contribution in [-0.2, 0) is 18.6 Å². The lowest BCUT2D eigenvalue weighted by Crippen LogP contribution is -2.40. The number of amides is 1. The van der Waals surface area contributed by atoms with Crippen molar-refractivity contribution >= 4 is 43.8 Å². The van der Waals surface area contributed by atoms with Gasteiger partial charge in [0.05, 0.1) is 18.0 Å². The minimum Gasteiger partial charge on any atom is -0.492 e. The minimum absolute atomic E-state index is 0.0911. The number of esters is 1. The molecule has 3 fully saturated rings. The van der Waals surface area contributed by atoms with Crippen LogP contribution in [-0.4, -0.2) is 92.5 Å². The molecule has 3 aliphatic rings. The van der Waals surface area contributed by atoms with Crippen molar-refractivity contribution in [1.29, 1.82) is 0 Å². The van der Waals surface area contributed by atoms with Crippen molar-refractivity contribution in [2.75, 3.05) is 45.0 Å². The molecular weight excluding hydrogens is 657 g/mol. The minimum atomic E-state index is -5.73. The Morgan fingerprint density at radius 2 is 1.83 bits per heavy atom. The zero-order chi connectivity index (χ0) is 33.6. The second-order valence-corrected chi connectivity index (χ2v) is 15.5. The molecule has 1 saturated carbocycles. The van der Waals surface area contributed by atoms with Crippen LogP contribution in [0.1, 0.15) is 48.5 Å². The van der Waals surface area contributed by atoms with E-state index in [4.69, 9.17) is 29.0 Å². The van der Waals surface area contributed by atoms with Crippen molar-refractivity contribution < 1.29 is 62.0 Å². The molecular formula is C26H35FN4O13P2. The van der Waals surface area contributed by atoms with E-state index in [2.05, 4.69) is 10.1 Å². The molecule has 1 aromatic heterocycles. The fourth-order valence-electron chi connectivity index (χ4n) is 6.01. The van der Waals surface area contributed by atoms with Gasteiger partial charge in [0.1, 0.15) is 11.3 Å². The Labute approximate surface area is 260 Å². The molecule has 1 aliphatic carbocycles. The number of pyridine rings is 1. The Hall–Kier alpha value is -3.08. The lowest BCUT2D eigenvalue weighted by atomic mass is 9.94. The highest BCUT2D eigenvalue weighted by atomic mass is 31.2. The first kappa shape index (κ1) is 34.3. The highest BCUT2D eigenvalue weighted by Gasteiger charge is 2.58. The molecule has 254 valence electrons. The second kappa shape index (κ2) is 12.8. The standard InChI is InChI=1S/C26H35FN4O13P2/c1-42-23-20-16(9-18(27)21(23)30-10-14-3-2-7-28-19(14)12-30)22(32)17(11-31(20)15-4-5-15)24(33)43-13-44-25(34)29-8-6-26(35,45(36,37)38)46(39,40)41/h9,11,14-15,19,28,35H,2-8,10,12-13H2,1H3,(H,29,34)(H2,36,37,38)(H2,39,40,41). The zero-order valence-electron chi connectivity index (χ0n) is 24.6. The van der Waals surface area contributed by atoms with Crippen molar-refractivity contribution in [1.82, 2.24) is 15.2 Å². The van der Waals surface area contributed by atoms with Gasteiger partial charge in [0.2, 0.25) is 12.2 Å². The number of fused-ring (bicyclic) bond motifs is 2. The number of piperidine rings is 1. The van der Waals surface area contributed by atoms with Gasteiger partial charge in [-0.25, -0.2) is 14.0 Å². The number of hydrogen-bond donors (Lipinski definition) is 7. The third-order valence-corrected chi connectivity index (χ3v) is 12.4. The topological polar surface area (TPSA) is 246 Å². The summed E-state index contributed by atoms with van der Waals surface area (Å²) in [6, 6.07) is 1.20. The van der Waals surface area contributed by atoms with Crippen LogP contribution >= 0.6 is 15.2 Å². The number of ether oxygens (including phenoxy) is 3. The number of methoxy groups -OCH3 is 1. The molecule has 46 heavy (non-hydrogen) atoms. The molecule has 7 N–H and O–H groups in total.